The minimum atomic E-state index is 0.443. The number of hydrogen-bond acceptors (Lipinski definition) is 6. The summed E-state index contributed by atoms with van der Waals surface area (Å²) in [4.78, 5) is 14.1. The summed E-state index contributed by atoms with van der Waals surface area (Å²) in [7, 11) is 3.45. The van der Waals surface area contributed by atoms with Gasteiger partial charge in [0.15, 0.2) is 11.6 Å². The van der Waals surface area contributed by atoms with Gasteiger partial charge in [0.05, 0.1) is 14.2 Å². The van der Waals surface area contributed by atoms with E-state index in [9.17, 15) is 0 Å². The Morgan fingerprint density at radius 1 is 0.725 bits per heavy atom. The van der Waals surface area contributed by atoms with Gasteiger partial charge in [0.1, 0.15) is 5.82 Å². The molecular weight excluding hydrogens is 496 g/mol. The van der Waals surface area contributed by atoms with E-state index in [2.05, 4.69) is 88.4 Å². The summed E-state index contributed by atoms with van der Waals surface area (Å²) in [6.45, 7) is 22.4. The van der Waals surface area contributed by atoms with E-state index in [1.807, 2.05) is 6.20 Å². The minimum Gasteiger partial charge on any atom is -0.493 e. The van der Waals surface area contributed by atoms with Gasteiger partial charge in [0, 0.05) is 37.9 Å². The molecule has 2 aromatic rings. The standard InChI is InChI=1S/2C17H28N2O/c1-12(2)14-6-8-19(9-7-14)17-16(20-5)10-15(11-18-17)13(3)4;1-12(2)14-8-10-19(11-9-14)16-7-6-15(13(3)4)17(18-16)20-5/h10-14H,6-9H2,1-5H3;6-7,12-14H,8-11H2,1-5H3. The molecule has 0 spiro atoms. The van der Waals surface area contributed by atoms with Crippen molar-refractivity contribution >= 4 is 11.6 Å². The van der Waals surface area contributed by atoms with Crippen LogP contribution in [-0.4, -0.2) is 50.4 Å². The molecule has 2 saturated heterocycles. The number of methoxy groups -OCH3 is 2. The largest absolute Gasteiger partial charge is 0.493 e. The number of hydrogen-bond donors (Lipinski definition) is 0. The number of nitrogens with zero attached hydrogens (tertiary/aromatic N) is 4. The van der Waals surface area contributed by atoms with Crippen molar-refractivity contribution in [2.45, 2.75) is 92.9 Å². The molecule has 2 aromatic heterocycles. The fourth-order valence-corrected chi connectivity index (χ4v) is 5.95. The maximum absolute atomic E-state index is 5.56. The molecule has 4 heterocycles. The summed E-state index contributed by atoms with van der Waals surface area (Å²) in [5.41, 5.74) is 2.43. The van der Waals surface area contributed by atoms with Crippen LogP contribution >= 0.6 is 0 Å². The van der Waals surface area contributed by atoms with Gasteiger partial charge in [-0.2, -0.15) is 4.98 Å². The van der Waals surface area contributed by atoms with E-state index in [4.69, 9.17) is 14.5 Å². The normalized spacial score (nSPS) is 17.1. The van der Waals surface area contributed by atoms with Crippen LogP contribution in [0.15, 0.2) is 24.4 Å². The summed E-state index contributed by atoms with van der Waals surface area (Å²) in [5.74, 6) is 8.00. The first-order valence-corrected chi connectivity index (χ1v) is 15.6. The van der Waals surface area contributed by atoms with Gasteiger partial charge in [-0.05, 0) is 85.0 Å². The molecule has 0 bridgehead atoms. The van der Waals surface area contributed by atoms with Gasteiger partial charge in [-0.1, -0.05) is 55.4 Å². The smallest absolute Gasteiger partial charge is 0.218 e. The van der Waals surface area contributed by atoms with Crippen LogP contribution in [0.2, 0.25) is 0 Å². The highest BCUT2D eigenvalue weighted by Crippen LogP contribution is 2.34. The predicted molar refractivity (Wildman–Crippen MR) is 169 cm³/mol. The molecule has 0 atom stereocenters. The third-order valence-corrected chi connectivity index (χ3v) is 9.02. The Hall–Kier alpha value is -2.50. The third-order valence-electron chi connectivity index (χ3n) is 9.02. The lowest BCUT2D eigenvalue weighted by Gasteiger charge is -2.35. The van der Waals surface area contributed by atoms with Gasteiger partial charge >= 0.3 is 0 Å². The van der Waals surface area contributed by atoms with Crippen molar-refractivity contribution in [2.75, 3.05) is 50.2 Å². The molecule has 0 aromatic carbocycles. The van der Waals surface area contributed by atoms with Crippen molar-refractivity contribution < 1.29 is 9.47 Å². The summed E-state index contributed by atoms with van der Waals surface area (Å²) in [5, 5.41) is 0. The van der Waals surface area contributed by atoms with Crippen molar-refractivity contribution in [3.63, 3.8) is 0 Å². The monoisotopic (exact) mass is 552 g/mol. The van der Waals surface area contributed by atoms with Crippen LogP contribution in [0.1, 0.15) is 104 Å². The fourth-order valence-electron chi connectivity index (χ4n) is 5.95. The molecule has 224 valence electrons. The van der Waals surface area contributed by atoms with Gasteiger partial charge in [-0.3, -0.25) is 0 Å². The molecule has 2 aliphatic rings. The van der Waals surface area contributed by atoms with E-state index in [1.54, 1.807) is 14.2 Å². The van der Waals surface area contributed by atoms with E-state index < -0.39 is 0 Å². The van der Waals surface area contributed by atoms with E-state index >= 15 is 0 Å². The average molecular weight is 553 g/mol. The Labute approximate surface area is 244 Å². The summed E-state index contributed by atoms with van der Waals surface area (Å²) < 4.78 is 11.0. The van der Waals surface area contributed by atoms with E-state index in [0.29, 0.717) is 11.8 Å². The molecule has 0 aliphatic carbocycles. The lowest BCUT2D eigenvalue weighted by molar-refractivity contribution is 0.309. The van der Waals surface area contributed by atoms with Crippen LogP contribution in [0, 0.1) is 23.7 Å². The summed E-state index contributed by atoms with van der Waals surface area (Å²) >= 11 is 0. The van der Waals surface area contributed by atoms with E-state index in [0.717, 1.165) is 73.1 Å². The first-order valence-electron chi connectivity index (χ1n) is 15.6. The highest BCUT2D eigenvalue weighted by atomic mass is 16.5. The van der Waals surface area contributed by atoms with Gasteiger partial charge in [0.25, 0.3) is 0 Å². The number of anilines is 2. The number of aromatic nitrogens is 2. The zero-order chi connectivity index (χ0) is 29.4. The van der Waals surface area contributed by atoms with Crippen molar-refractivity contribution in [1.29, 1.82) is 0 Å². The summed E-state index contributed by atoms with van der Waals surface area (Å²) in [6.07, 6.45) is 7.06. The Morgan fingerprint density at radius 2 is 1.27 bits per heavy atom. The van der Waals surface area contributed by atoms with Crippen LogP contribution in [0.5, 0.6) is 11.6 Å². The average Bonchev–Trinajstić information content (AvgIpc) is 2.96. The molecule has 0 N–H and O–H groups in total. The van der Waals surface area contributed by atoms with Crippen molar-refractivity contribution in [3.8, 4) is 11.6 Å². The van der Waals surface area contributed by atoms with Crippen LogP contribution in [0.4, 0.5) is 11.6 Å². The lowest BCUT2D eigenvalue weighted by Crippen LogP contribution is -2.36. The second-order valence-corrected chi connectivity index (χ2v) is 13.0. The van der Waals surface area contributed by atoms with Gasteiger partial charge in [0.2, 0.25) is 5.88 Å². The molecule has 6 heteroatoms. The maximum Gasteiger partial charge on any atom is 0.218 e. The topological polar surface area (TPSA) is 50.7 Å². The number of ether oxygens (including phenoxy) is 2. The predicted octanol–water partition coefficient (Wildman–Crippen LogP) is 8.17. The van der Waals surface area contributed by atoms with Crippen molar-refractivity contribution in [3.05, 3.63) is 35.5 Å². The molecule has 2 fully saturated rings. The molecule has 0 amide bonds. The zero-order valence-electron chi connectivity index (χ0n) is 27.0. The van der Waals surface area contributed by atoms with Gasteiger partial charge in [-0.25, -0.2) is 4.98 Å². The van der Waals surface area contributed by atoms with Crippen LogP contribution in [-0.2, 0) is 0 Å². The van der Waals surface area contributed by atoms with Crippen molar-refractivity contribution in [2.24, 2.45) is 23.7 Å². The molecular formula is C34H56N4O2. The first-order chi connectivity index (χ1) is 19.0. The molecule has 0 saturated carbocycles. The van der Waals surface area contributed by atoms with Crippen LogP contribution in [0.25, 0.3) is 0 Å². The zero-order valence-corrected chi connectivity index (χ0v) is 27.0. The highest BCUT2D eigenvalue weighted by molar-refractivity contribution is 5.54. The molecule has 4 rings (SSSR count). The maximum atomic E-state index is 5.56. The molecule has 0 unspecified atom stereocenters. The first kappa shape index (κ1) is 32.0. The number of rotatable bonds is 8. The highest BCUT2D eigenvalue weighted by Gasteiger charge is 2.25. The van der Waals surface area contributed by atoms with Crippen molar-refractivity contribution in [1.82, 2.24) is 9.97 Å². The fraction of sp³-hybridized carbons (Fsp3) is 0.706. The van der Waals surface area contributed by atoms with Gasteiger partial charge in [-0.15, -0.1) is 0 Å². The Morgan fingerprint density at radius 3 is 1.73 bits per heavy atom. The molecule has 2 aliphatic heterocycles. The quantitative estimate of drug-likeness (QED) is 0.329. The third kappa shape index (κ3) is 8.27. The number of piperidine rings is 2. The second-order valence-electron chi connectivity index (χ2n) is 13.0. The Kier molecular flexibility index (Phi) is 12.0. The van der Waals surface area contributed by atoms with Crippen LogP contribution < -0.4 is 19.3 Å². The van der Waals surface area contributed by atoms with Gasteiger partial charge < -0.3 is 19.3 Å². The van der Waals surface area contributed by atoms with Crippen LogP contribution in [0.3, 0.4) is 0 Å². The van der Waals surface area contributed by atoms with E-state index in [-0.39, 0.29) is 0 Å². The lowest BCUT2D eigenvalue weighted by atomic mass is 9.87. The van der Waals surface area contributed by atoms with E-state index in [1.165, 1.54) is 36.8 Å². The molecule has 0 radical (unpaired) electrons. The summed E-state index contributed by atoms with van der Waals surface area (Å²) in [6, 6.07) is 6.45. The number of pyridine rings is 2. The Balaban J connectivity index is 0.000000220. The minimum absolute atomic E-state index is 0.443. The Bertz CT molecular complexity index is 1040. The molecule has 40 heavy (non-hydrogen) atoms. The SMILES string of the molecule is COc1cc(C(C)C)cnc1N1CCC(C(C)C)CC1.COc1nc(N2CCC(C(C)C)CC2)ccc1C(C)C. The molecule has 6 nitrogen and oxygen atoms in total. The second kappa shape index (κ2) is 14.9.